The summed E-state index contributed by atoms with van der Waals surface area (Å²) in [6.45, 7) is 3.59. The van der Waals surface area contributed by atoms with E-state index < -0.39 is 10.0 Å². The Morgan fingerprint density at radius 1 is 1.10 bits per heavy atom. The first-order valence-corrected chi connectivity index (χ1v) is 8.30. The highest BCUT2D eigenvalue weighted by molar-refractivity contribution is 7.93. The molecule has 7 heteroatoms. The molecule has 21 heavy (non-hydrogen) atoms. The van der Waals surface area contributed by atoms with Gasteiger partial charge in [0.05, 0.1) is 21.4 Å². The summed E-state index contributed by atoms with van der Waals surface area (Å²) in [7, 11) is -3.87. The van der Waals surface area contributed by atoms with Crippen molar-refractivity contribution in [2.45, 2.75) is 18.7 Å². The van der Waals surface area contributed by atoms with Crippen LogP contribution >= 0.6 is 23.2 Å². The average Bonchev–Trinajstić information content (AvgIpc) is 2.39. The van der Waals surface area contributed by atoms with Crippen molar-refractivity contribution in [3.8, 4) is 0 Å². The maximum atomic E-state index is 12.4. The van der Waals surface area contributed by atoms with E-state index in [9.17, 15) is 8.42 Å². The summed E-state index contributed by atoms with van der Waals surface area (Å²) in [6.07, 6.45) is 0. The fourth-order valence-electron chi connectivity index (χ4n) is 1.85. The van der Waals surface area contributed by atoms with E-state index in [4.69, 9.17) is 28.9 Å². The first kappa shape index (κ1) is 15.9. The van der Waals surface area contributed by atoms with E-state index in [0.717, 1.165) is 11.1 Å². The number of anilines is 2. The number of halogens is 2. The molecule has 0 aliphatic carbocycles. The minimum absolute atomic E-state index is 0.0123. The van der Waals surface area contributed by atoms with Gasteiger partial charge < -0.3 is 5.73 Å². The molecule has 0 bridgehead atoms. The van der Waals surface area contributed by atoms with E-state index in [1.54, 1.807) is 31.2 Å². The Hall–Kier alpha value is -1.43. The molecule has 0 radical (unpaired) electrons. The van der Waals surface area contributed by atoms with Gasteiger partial charge in [-0.3, -0.25) is 4.72 Å². The van der Waals surface area contributed by atoms with E-state index in [-0.39, 0.29) is 26.3 Å². The van der Waals surface area contributed by atoms with Crippen LogP contribution in [-0.4, -0.2) is 8.42 Å². The zero-order valence-electron chi connectivity index (χ0n) is 11.4. The zero-order valence-corrected chi connectivity index (χ0v) is 13.8. The number of hydrogen-bond acceptors (Lipinski definition) is 3. The van der Waals surface area contributed by atoms with Gasteiger partial charge in [0.1, 0.15) is 4.90 Å². The number of benzene rings is 2. The molecule has 0 heterocycles. The Morgan fingerprint density at radius 3 is 2.38 bits per heavy atom. The molecule has 0 aromatic heterocycles. The number of sulfonamides is 1. The van der Waals surface area contributed by atoms with Crippen molar-refractivity contribution in [1.82, 2.24) is 0 Å². The minimum Gasteiger partial charge on any atom is -0.398 e. The van der Waals surface area contributed by atoms with Crippen LogP contribution in [0.5, 0.6) is 0 Å². The number of rotatable bonds is 3. The summed E-state index contributed by atoms with van der Waals surface area (Å²) in [6, 6.07) is 8.00. The van der Waals surface area contributed by atoms with Gasteiger partial charge in [0.15, 0.2) is 0 Å². The van der Waals surface area contributed by atoms with Crippen molar-refractivity contribution in [3.05, 3.63) is 51.5 Å². The molecule has 0 amide bonds. The van der Waals surface area contributed by atoms with Crippen LogP contribution in [0.1, 0.15) is 11.1 Å². The third kappa shape index (κ3) is 3.26. The zero-order chi connectivity index (χ0) is 15.8. The molecule has 0 atom stereocenters. The Labute approximate surface area is 133 Å². The second-order valence-corrected chi connectivity index (χ2v) is 7.14. The summed E-state index contributed by atoms with van der Waals surface area (Å²) in [5.74, 6) is 0. The van der Waals surface area contributed by atoms with Gasteiger partial charge in [0.25, 0.3) is 10.0 Å². The second-order valence-electron chi connectivity index (χ2n) is 4.70. The van der Waals surface area contributed by atoms with Gasteiger partial charge in [-0.05, 0) is 43.2 Å². The summed E-state index contributed by atoms with van der Waals surface area (Å²) in [4.78, 5) is -0.0123. The molecule has 0 fully saturated rings. The van der Waals surface area contributed by atoms with E-state index in [1.165, 1.54) is 6.07 Å². The molecule has 0 saturated heterocycles. The largest absolute Gasteiger partial charge is 0.398 e. The van der Waals surface area contributed by atoms with Crippen LogP contribution in [0.2, 0.25) is 10.0 Å². The van der Waals surface area contributed by atoms with E-state index >= 15 is 0 Å². The molecule has 2 rings (SSSR count). The van der Waals surface area contributed by atoms with Crippen LogP contribution in [0.4, 0.5) is 11.4 Å². The maximum Gasteiger partial charge on any atom is 0.264 e. The van der Waals surface area contributed by atoms with Crippen molar-refractivity contribution < 1.29 is 8.42 Å². The number of nitrogen functional groups attached to an aromatic ring is 1. The highest BCUT2D eigenvalue weighted by Gasteiger charge is 2.21. The van der Waals surface area contributed by atoms with Gasteiger partial charge in [-0.15, -0.1) is 0 Å². The van der Waals surface area contributed by atoms with Crippen molar-refractivity contribution in [1.29, 1.82) is 0 Å². The Kier molecular flexibility index (Phi) is 4.37. The molecule has 4 nitrogen and oxygen atoms in total. The third-order valence-corrected chi connectivity index (χ3v) is 5.20. The van der Waals surface area contributed by atoms with Crippen LogP contribution in [0.3, 0.4) is 0 Å². The van der Waals surface area contributed by atoms with Gasteiger partial charge in [-0.2, -0.15) is 0 Å². The molecular formula is C14H14Cl2N2O2S. The lowest BCUT2D eigenvalue weighted by Gasteiger charge is -2.14. The smallest absolute Gasteiger partial charge is 0.264 e. The van der Waals surface area contributed by atoms with E-state index in [1.807, 2.05) is 6.92 Å². The molecule has 2 aromatic carbocycles. The molecule has 0 unspecified atom stereocenters. The van der Waals surface area contributed by atoms with Crippen LogP contribution in [0, 0.1) is 13.8 Å². The average molecular weight is 345 g/mol. The molecule has 2 aromatic rings. The van der Waals surface area contributed by atoms with Crippen LogP contribution < -0.4 is 10.5 Å². The summed E-state index contributed by atoms with van der Waals surface area (Å²) < 4.78 is 27.3. The molecule has 0 spiro atoms. The molecule has 0 aliphatic rings. The highest BCUT2D eigenvalue weighted by Crippen LogP contribution is 2.35. The van der Waals surface area contributed by atoms with Crippen molar-refractivity contribution in [2.24, 2.45) is 0 Å². The quantitative estimate of drug-likeness (QED) is 0.826. The Balaban J connectivity index is 2.50. The molecule has 112 valence electrons. The van der Waals surface area contributed by atoms with Gasteiger partial charge in [0.2, 0.25) is 0 Å². The number of aryl methyl sites for hydroxylation is 2. The van der Waals surface area contributed by atoms with E-state index in [0.29, 0.717) is 0 Å². The van der Waals surface area contributed by atoms with Gasteiger partial charge in [0, 0.05) is 0 Å². The van der Waals surface area contributed by atoms with Crippen molar-refractivity contribution in [3.63, 3.8) is 0 Å². The highest BCUT2D eigenvalue weighted by atomic mass is 35.5. The molecule has 0 saturated carbocycles. The number of nitrogens with one attached hydrogen (secondary N) is 1. The summed E-state index contributed by atoms with van der Waals surface area (Å²) in [5.41, 5.74) is 7.69. The molecular weight excluding hydrogens is 331 g/mol. The first-order chi connectivity index (χ1) is 9.72. The van der Waals surface area contributed by atoms with Gasteiger partial charge in [-0.25, -0.2) is 8.42 Å². The SMILES string of the molecule is Cc1ccc(S(=O)(=O)Nc2c(Cl)ccc(C)c2Cl)c(N)c1. The maximum absolute atomic E-state index is 12.4. The standard InChI is InChI=1S/C14H14Cl2N2O2S/c1-8-3-6-12(11(17)7-8)21(19,20)18-14-10(15)5-4-9(2)13(14)16/h3-7,18H,17H2,1-2H3. The van der Waals surface area contributed by atoms with Gasteiger partial charge in [-0.1, -0.05) is 35.3 Å². The van der Waals surface area contributed by atoms with Crippen LogP contribution in [0.25, 0.3) is 0 Å². The number of nitrogens with two attached hydrogens (primary N) is 1. The Morgan fingerprint density at radius 2 is 1.76 bits per heavy atom. The fourth-order valence-corrected chi connectivity index (χ4v) is 3.64. The summed E-state index contributed by atoms with van der Waals surface area (Å²) in [5, 5.41) is 0.483. The van der Waals surface area contributed by atoms with Crippen LogP contribution in [0.15, 0.2) is 35.2 Å². The minimum atomic E-state index is -3.87. The summed E-state index contributed by atoms with van der Waals surface area (Å²) >= 11 is 12.1. The normalized spacial score (nSPS) is 11.4. The lowest BCUT2D eigenvalue weighted by molar-refractivity contribution is 0.601. The Bertz CT molecular complexity index is 805. The number of hydrogen-bond donors (Lipinski definition) is 2. The molecule has 3 N–H and O–H groups in total. The third-order valence-electron chi connectivity index (χ3n) is 2.98. The molecule has 0 aliphatic heterocycles. The lowest BCUT2D eigenvalue weighted by atomic mass is 10.2. The topological polar surface area (TPSA) is 72.2 Å². The predicted octanol–water partition coefficient (Wildman–Crippen LogP) is 3.99. The van der Waals surface area contributed by atoms with E-state index in [2.05, 4.69) is 4.72 Å². The van der Waals surface area contributed by atoms with Crippen LogP contribution in [-0.2, 0) is 10.0 Å². The second kappa shape index (κ2) is 5.75. The first-order valence-electron chi connectivity index (χ1n) is 6.06. The lowest BCUT2D eigenvalue weighted by Crippen LogP contribution is -2.15. The van der Waals surface area contributed by atoms with Crippen molar-refractivity contribution in [2.75, 3.05) is 10.5 Å². The predicted molar refractivity (Wildman–Crippen MR) is 87.6 cm³/mol. The van der Waals surface area contributed by atoms with Gasteiger partial charge >= 0.3 is 0 Å². The monoisotopic (exact) mass is 344 g/mol. The van der Waals surface area contributed by atoms with Crippen molar-refractivity contribution >= 4 is 44.6 Å². The fraction of sp³-hybridized carbons (Fsp3) is 0.143.